The van der Waals surface area contributed by atoms with E-state index < -0.39 is 0 Å². The highest BCUT2D eigenvalue weighted by Crippen LogP contribution is 2.38. The molecule has 2 saturated carbocycles. The van der Waals surface area contributed by atoms with Gasteiger partial charge >= 0.3 is 0 Å². The largest absolute Gasteiger partial charge is 0.0654 e. The van der Waals surface area contributed by atoms with Gasteiger partial charge in [0.15, 0.2) is 0 Å². The van der Waals surface area contributed by atoms with E-state index in [0.717, 1.165) is 36.5 Å². The van der Waals surface area contributed by atoms with E-state index in [1.807, 2.05) is 0 Å². The maximum atomic E-state index is 2.45. The van der Waals surface area contributed by atoms with Gasteiger partial charge in [0.1, 0.15) is 0 Å². The average Bonchev–Trinajstić information content (AvgIpc) is 2.97. The number of hydrogen-bond acceptors (Lipinski definition) is 0. The molecule has 4 rings (SSSR count). The van der Waals surface area contributed by atoms with Crippen molar-refractivity contribution in [3.63, 3.8) is 0 Å². The van der Waals surface area contributed by atoms with Crippen LogP contribution in [0.5, 0.6) is 0 Å². The van der Waals surface area contributed by atoms with Crippen molar-refractivity contribution in [2.75, 3.05) is 0 Å². The normalized spacial score (nSPS) is 23.9. The van der Waals surface area contributed by atoms with Gasteiger partial charge in [-0.2, -0.15) is 0 Å². The third-order valence-corrected chi connectivity index (χ3v) is 10.2. The van der Waals surface area contributed by atoms with Gasteiger partial charge in [0.05, 0.1) is 0 Å². The smallest absolute Gasteiger partial charge is 0.0162 e. The zero-order chi connectivity index (χ0) is 26.4. The molecule has 0 bridgehead atoms. The second kappa shape index (κ2) is 16.5. The lowest BCUT2D eigenvalue weighted by atomic mass is 9.77. The fourth-order valence-electron chi connectivity index (χ4n) is 7.53. The van der Waals surface area contributed by atoms with Crippen molar-refractivity contribution in [2.24, 2.45) is 17.8 Å². The minimum absolute atomic E-state index is 0.805. The molecular weight excluding hydrogens is 456 g/mol. The molecule has 0 nitrogen and oxygen atoms in total. The van der Waals surface area contributed by atoms with E-state index in [9.17, 15) is 0 Å². The van der Waals surface area contributed by atoms with E-state index in [0.29, 0.717) is 0 Å². The summed E-state index contributed by atoms with van der Waals surface area (Å²) in [4.78, 5) is 0. The highest BCUT2D eigenvalue weighted by molar-refractivity contribution is 5.28. The summed E-state index contributed by atoms with van der Waals surface area (Å²) in [6.45, 7) is 4.65. The first-order valence-electron chi connectivity index (χ1n) is 16.9. The first kappa shape index (κ1) is 29.4. The highest BCUT2D eigenvalue weighted by atomic mass is 14.3. The van der Waals surface area contributed by atoms with Crippen LogP contribution in [0, 0.1) is 17.8 Å². The Kier molecular flexibility index (Phi) is 12.8. The molecule has 0 spiro atoms. The summed E-state index contributed by atoms with van der Waals surface area (Å²) in [7, 11) is 0. The Morgan fingerprint density at radius 1 is 0.447 bits per heavy atom. The monoisotopic (exact) mass is 514 g/mol. The van der Waals surface area contributed by atoms with Crippen LogP contribution in [0.3, 0.4) is 0 Å². The van der Waals surface area contributed by atoms with Crippen molar-refractivity contribution in [1.29, 1.82) is 0 Å². The molecule has 210 valence electrons. The van der Waals surface area contributed by atoms with Gasteiger partial charge in [0.25, 0.3) is 0 Å². The number of aryl methyl sites for hydroxylation is 3. The highest BCUT2D eigenvalue weighted by Gasteiger charge is 2.22. The molecular formula is C38H58. The van der Waals surface area contributed by atoms with E-state index in [2.05, 4.69) is 62.4 Å². The van der Waals surface area contributed by atoms with E-state index in [4.69, 9.17) is 0 Å². The zero-order valence-corrected chi connectivity index (χ0v) is 25.1. The van der Waals surface area contributed by atoms with Crippen molar-refractivity contribution in [3.8, 4) is 0 Å². The van der Waals surface area contributed by atoms with Gasteiger partial charge in [-0.3, -0.25) is 0 Å². The summed E-state index contributed by atoms with van der Waals surface area (Å²) in [6.07, 6.45) is 28.1. The number of unbranched alkanes of at least 4 members (excludes halogenated alkanes) is 4. The first-order chi connectivity index (χ1) is 18.7. The molecule has 38 heavy (non-hydrogen) atoms. The maximum Gasteiger partial charge on any atom is -0.0162 e. The summed E-state index contributed by atoms with van der Waals surface area (Å²) in [5, 5.41) is 0. The fraction of sp³-hybridized carbons (Fsp3) is 0.684. The molecule has 2 aromatic rings. The van der Waals surface area contributed by atoms with Crippen LogP contribution in [-0.2, 0) is 19.3 Å². The van der Waals surface area contributed by atoms with Crippen LogP contribution in [0.4, 0.5) is 0 Å². The number of hydrogen-bond donors (Lipinski definition) is 0. The Morgan fingerprint density at radius 3 is 1.50 bits per heavy atom. The van der Waals surface area contributed by atoms with Crippen LogP contribution in [0.25, 0.3) is 0 Å². The Hall–Kier alpha value is -1.56. The summed E-state index contributed by atoms with van der Waals surface area (Å²) < 4.78 is 0. The van der Waals surface area contributed by atoms with Gasteiger partial charge in [-0.1, -0.05) is 139 Å². The molecule has 0 aromatic heterocycles. The number of rotatable bonds is 15. The van der Waals surface area contributed by atoms with E-state index in [1.54, 1.807) is 11.1 Å². The average molecular weight is 515 g/mol. The molecule has 0 atom stereocenters. The fourth-order valence-corrected chi connectivity index (χ4v) is 7.53. The van der Waals surface area contributed by atoms with Crippen molar-refractivity contribution in [3.05, 3.63) is 70.8 Å². The molecule has 2 fully saturated rings. The van der Waals surface area contributed by atoms with Gasteiger partial charge in [-0.25, -0.2) is 0 Å². The predicted molar refractivity (Wildman–Crippen MR) is 167 cm³/mol. The standard InChI is InChI=1S/C38H58/c1-3-5-6-7-8-10-32-23-27-37(28-24-32)38-29-25-36(26-30-38)22-21-35-19-17-34(18-20-35)16-15-33-13-11-31(9-4-2)12-14-33/h17-20,25-26,29-33,37H,3-16,21-24,27-28H2,1-2H3/t31-,32-,33-,37-. The van der Waals surface area contributed by atoms with Crippen molar-refractivity contribution >= 4 is 0 Å². The lowest BCUT2D eigenvalue weighted by Gasteiger charge is -2.29. The summed E-state index contributed by atoms with van der Waals surface area (Å²) in [5.74, 6) is 3.81. The Balaban J connectivity index is 1.12. The van der Waals surface area contributed by atoms with Gasteiger partial charge < -0.3 is 0 Å². The molecule has 0 saturated heterocycles. The molecule has 0 heteroatoms. The quantitative estimate of drug-likeness (QED) is 0.207. The molecule has 0 heterocycles. The molecule has 0 amide bonds. The van der Waals surface area contributed by atoms with E-state index >= 15 is 0 Å². The topological polar surface area (TPSA) is 0 Å². The Bertz CT molecular complexity index is 859. The lowest BCUT2D eigenvalue weighted by Crippen LogP contribution is -2.15. The lowest BCUT2D eigenvalue weighted by molar-refractivity contribution is 0.252. The van der Waals surface area contributed by atoms with Crippen LogP contribution < -0.4 is 0 Å². The Morgan fingerprint density at radius 2 is 0.921 bits per heavy atom. The van der Waals surface area contributed by atoms with Crippen LogP contribution >= 0.6 is 0 Å². The second-order valence-corrected chi connectivity index (χ2v) is 13.2. The molecule has 2 aliphatic rings. The van der Waals surface area contributed by atoms with Crippen molar-refractivity contribution in [2.45, 2.75) is 148 Å². The molecule has 0 N–H and O–H groups in total. The number of benzene rings is 2. The summed E-state index contributed by atoms with van der Waals surface area (Å²) in [6, 6.07) is 19.3. The van der Waals surface area contributed by atoms with Gasteiger partial charge in [-0.15, -0.1) is 0 Å². The molecule has 2 aromatic carbocycles. The van der Waals surface area contributed by atoms with Crippen LogP contribution in [-0.4, -0.2) is 0 Å². The predicted octanol–water partition coefficient (Wildman–Crippen LogP) is 11.6. The second-order valence-electron chi connectivity index (χ2n) is 13.2. The maximum absolute atomic E-state index is 2.45. The third kappa shape index (κ3) is 9.88. The minimum Gasteiger partial charge on any atom is -0.0654 e. The van der Waals surface area contributed by atoms with Gasteiger partial charge in [0.2, 0.25) is 0 Å². The third-order valence-electron chi connectivity index (χ3n) is 10.2. The minimum atomic E-state index is 0.805. The molecule has 0 unspecified atom stereocenters. The van der Waals surface area contributed by atoms with Crippen LogP contribution in [0.2, 0.25) is 0 Å². The van der Waals surface area contributed by atoms with E-state index in [1.165, 1.54) is 127 Å². The molecule has 2 aliphatic carbocycles. The van der Waals surface area contributed by atoms with Crippen LogP contribution in [0.1, 0.15) is 151 Å². The Labute approximate surface area is 236 Å². The van der Waals surface area contributed by atoms with Gasteiger partial charge in [-0.05, 0) is 97.3 Å². The first-order valence-corrected chi connectivity index (χ1v) is 16.9. The van der Waals surface area contributed by atoms with Crippen molar-refractivity contribution in [1.82, 2.24) is 0 Å². The summed E-state index contributed by atoms with van der Waals surface area (Å²) >= 11 is 0. The molecule has 0 aliphatic heterocycles. The van der Waals surface area contributed by atoms with Crippen LogP contribution in [0.15, 0.2) is 48.5 Å². The SMILES string of the molecule is CCCCCCC[C@H]1CC[C@H](c2ccc(CCc3ccc(CC[C@H]4CC[C@H](CCC)CC4)cc3)cc2)CC1. The summed E-state index contributed by atoms with van der Waals surface area (Å²) in [5.41, 5.74) is 6.13. The van der Waals surface area contributed by atoms with Crippen molar-refractivity contribution < 1.29 is 0 Å². The molecule has 0 radical (unpaired) electrons. The zero-order valence-electron chi connectivity index (χ0n) is 25.1. The van der Waals surface area contributed by atoms with Gasteiger partial charge in [0, 0.05) is 0 Å². The van der Waals surface area contributed by atoms with E-state index in [-0.39, 0.29) is 0 Å².